The van der Waals surface area contributed by atoms with E-state index in [0.717, 1.165) is 13.0 Å². The van der Waals surface area contributed by atoms with Gasteiger partial charge in [-0.15, -0.1) is 0 Å². The Morgan fingerprint density at radius 2 is 1.73 bits per heavy atom. The largest absolute Gasteiger partial charge is 0.416 e. The van der Waals surface area contributed by atoms with Crippen molar-refractivity contribution in [3.63, 3.8) is 0 Å². The molecule has 15 heavy (non-hydrogen) atoms. The maximum atomic E-state index is 5.97. The van der Waals surface area contributed by atoms with Crippen LogP contribution >= 0.6 is 0 Å². The zero-order valence-electron chi connectivity index (χ0n) is 10.9. The maximum absolute atomic E-state index is 5.97. The van der Waals surface area contributed by atoms with Gasteiger partial charge in [0.2, 0.25) is 0 Å². The molecule has 0 aliphatic heterocycles. The first kappa shape index (κ1) is 14.7. The molecule has 0 heterocycles. The first-order valence-corrected chi connectivity index (χ1v) is 8.31. The molecular formula is C12H24O2Si. The molecule has 0 amide bonds. The number of hydrogen-bond donors (Lipinski definition) is 0. The lowest BCUT2D eigenvalue weighted by molar-refractivity contribution is 0.239. The van der Waals surface area contributed by atoms with Gasteiger partial charge in [-0.2, -0.15) is 0 Å². The molecule has 3 heteroatoms. The second kappa shape index (κ2) is 6.32. The van der Waals surface area contributed by atoms with Crippen molar-refractivity contribution < 1.29 is 9.16 Å². The van der Waals surface area contributed by atoms with Crippen molar-refractivity contribution in [1.82, 2.24) is 0 Å². The number of rotatable bonds is 4. The Morgan fingerprint density at radius 3 is 2.20 bits per heavy atom. The van der Waals surface area contributed by atoms with E-state index < -0.39 is 8.32 Å². The number of ether oxygens (including phenoxy) is 1. The Bertz CT molecular complexity index is 230. The van der Waals surface area contributed by atoms with E-state index in [-0.39, 0.29) is 5.04 Å². The van der Waals surface area contributed by atoms with E-state index in [9.17, 15) is 0 Å². The maximum Gasteiger partial charge on any atom is 0.192 e. The summed E-state index contributed by atoms with van der Waals surface area (Å²) >= 11 is 0. The van der Waals surface area contributed by atoms with Crippen molar-refractivity contribution in [3.05, 3.63) is 0 Å². The third kappa shape index (κ3) is 5.98. The van der Waals surface area contributed by atoms with Gasteiger partial charge in [0.1, 0.15) is 6.61 Å². The summed E-state index contributed by atoms with van der Waals surface area (Å²) in [4.78, 5) is 0. The molecule has 0 aromatic rings. The average molecular weight is 228 g/mol. The van der Waals surface area contributed by atoms with Gasteiger partial charge < -0.3 is 9.16 Å². The molecule has 0 unspecified atom stereocenters. The van der Waals surface area contributed by atoms with Crippen molar-refractivity contribution in [2.45, 2.75) is 45.3 Å². The van der Waals surface area contributed by atoms with Crippen LogP contribution in [0.3, 0.4) is 0 Å². The first-order chi connectivity index (χ1) is 6.81. The molecule has 88 valence electrons. The lowest BCUT2D eigenvalue weighted by atomic mass is 10.2. The standard InChI is InChI=1S/C12H24O2Si/c1-12(2,3)15(5,6)14-11-9-7-8-10-13-4/h9-11H2,1-6H3. The summed E-state index contributed by atoms with van der Waals surface area (Å²) in [5.41, 5.74) is 0. The van der Waals surface area contributed by atoms with Gasteiger partial charge in [0.05, 0.1) is 0 Å². The molecule has 0 aromatic heterocycles. The van der Waals surface area contributed by atoms with Crippen molar-refractivity contribution in [2.75, 3.05) is 20.3 Å². The summed E-state index contributed by atoms with van der Waals surface area (Å²) in [5, 5.41) is 0.285. The molecule has 0 atom stereocenters. The van der Waals surface area contributed by atoms with Crippen LogP contribution in [0.25, 0.3) is 0 Å². The molecule has 0 rings (SSSR count). The van der Waals surface area contributed by atoms with Crippen LogP contribution in [0.15, 0.2) is 0 Å². The normalized spacial score (nSPS) is 12.1. The second-order valence-electron chi connectivity index (χ2n) is 5.15. The Labute approximate surface area is 95.5 Å². The van der Waals surface area contributed by atoms with Crippen LogP contribution in [0.5, 0.6) is 0 Å². The Hall–Kier alpha value is -0.303. The van der Waals surface area contributed by atoms with Crippen LogP contribution in [-0.4, -0.2) is 28.6 Å². The van der Waals surface area contributed by atoms with E-state index in [1.165, 1.54) is 0 Å². The minimum Gasteiger partial charge on any atom is -0.416 e. The first-order valence-electron chi connectivity index (χ1n) is 5.40. The molecule has 0 saturated carbocycles. The summed E-state index contributed by atoms with van der Waals surface area (Å²) < 4.78 is 10.8. The molecular weight excluding hydrogens is 204 g/mol. The van der Waals surface area contributed by atoms with Crippen molar-refractivity contribution in [2.24, 2.45) is 0 Å². The Morgan fingerprint density at radius 1 is 1.13 bits per heavy atom. The molecule has 0 fully saturated rings. The van der Waals surface area contributed by atoms with E-state index in [1.807, 2.05) is 0 Å². The minimum atomic E-state index is -1.57. The fourth-order valence-electron chi connectivity index (χ4n) is 0.785. The second-order valence-corrected chi connectivity index (χ2v) is 9.95. The van der Waals surface area contributed by atoms with Crippen molar-refractivity contribution in [3.8, 4) is 11.8 Å². The molecule has 0 aromatic carbocycles. The summed E-state index contributed by atoms with van der Waals surface area (Å²) in [5.74, 6) is 5.96. The van der Waals surface area contributed by atoms with Gasteiger partial charge in [0, 0.05) is 20.1 Å². The molecule has 0 bridgehead atoms. The molecule has 0 N–H and O–H groups in total. The predicted octanol–water partition coefficient (Wildman–Crippen LogP) is 3.05. The van der Waals surface area contributed by atoms with Gasteiger partial charge in [-0.05, 0) is 18.1 Å². The minimum absolute atomic E-state index is 0.285. The lowest BCUT2D eigenvalue weighted by Gasteiger charge is -2.35. The molecule has 0 spiro atoms. The quantitative estimate of drug-likeness (QED) is 0.418. The van der Waals surface area contributed by atoms with Gasteiger partial charge >= 0.3 is 0 Å². The summed E-state index contributed by atoms with van der Waals surface area (Å²) in [7, 11) is 0.0812. The third-order valence-corrected chi connectivity index (χ3v) is 7.38. The predicted molar refractivity (Wildman–Crippen MR) is 67.4 cm³/mol. The van der Waals surface area contributed by atoms with Crippen LogP contribution in [0, 0.1) is 11.8 Å². The van der Waals surface area contributed by atoms with Crippen LogP contribution in [0.4, 0.5) is 0 Å². The van der Waals surface area contributed by atoms with E-state index in [0.29, 0.717) is 6.61 Å². The highest BCUT2D eigenvalue weighted by molar-refractivity contribution is 6.74. The zero-order valence-corrected chi connectivity index (χ0v) is 11.9. The lowest BCUT2D eigenvalue weighted by Crippen LogP contribution is -2.40. The average Bonchev–Trinajstić information content (AvgIpc) is 2.09. The summed E-state index contributed by atoms with van der Waals surface area (Å²) in [6.45, 7) is 12.5. The highest BCUT2D eigenvalue weighted by atomic mass is 28.4. The SMILES string of the molecule is COCC#CCCO[Si](C)(C)C(C)(C)C. The van der Waals surface area contributed by atoms with Crippen molar-refractivity contribution in [1.29, 1.82) is 0 Å². The molecule has 0 aliphatic carbocycles. The number of hydrogen-bond acceptors (Lipinski definition) is 2. The zero-order chi connectivity index (χ0) is 11.9. The topological polar surface area (TPSA) is 18.5 Å². The van der Waals surface area contributed by atoms with E-state index in [2.05, 4.69) is 45.7 Å². The third-order valence-electron chi connectivity index (χ3n) is 2.84. The molecule has 2 nitrogen and oxygen atoms in total. The monoisotopic (exact) mass is 228 g/mol. The van der Waals surface area contributed by atoms with Gasteiger partial charge in [0.25, 0.3) is 0 Å². The smallest absolute Gasteiger partial charge is 0.192 e. The Balaban J connectivity index is 3.83. The molecule has 0 saturated heterocycles. The highest BCUT2D eigenvalue weighted by Crippen LogP contribution is 2.36. The summed E-state index contributed by atoms with van der Waals surface area (Å²) in [6.07, 6.45) is 0.801. The summed E-state index contributed by atoms with van der Waals surface area (Å²) in [6, 6.07) is 0. The van der Waals surface area contributed by atoms with Crippen LogP contribution in [-0.2, 0) is 9.16 Å². The van der Waals surface area contributed by atoms with Crippen molar-refractivity contribution >= 4 is 8.32 Å². The van der Waals surface area contributed by atoms with E-state index in [4.69, 9.17) is 9.16 Å². The Kier molecular flexibility index (Phi) is 6.19. The van der Waals surface area contributed by atoms with Crippen LogP contribution < -0.4 is 0 Å². The van der Waals surface area contributed by atoms with Crippen LogP contribution in [0.2, 0.25) is 18.1 Å². The van der Waals surface area contributed by atoms with Gasteiger partial charge in [-0.3, -0.25) is 0 Å². The van der Waals surface area contributed by atoms with Crippen LogP contribution in [0.1, 0.15) is 27.2 Å². The van der Waals surface area contributed by atoms with Gasteiger partial charge in [-0.1, -0.05) is 32.6 Å². The van der Waals surface area contributed by atoms with E-state index in [1.54, 1.807) is 7.11 Å². The highest BCUT2D eigenvalue weighted by Gasteiger charge is 2.36. The fourth-order valence-corrected chi connectivity index (χ4v) is 1.83. The number of methoxy groups -OCH3 is 1. The van der Waals surface area contributed by atoms with E-state index >= 15 is 0 Å². The molecule has 0 radical (unpaired) electrons. The van der Waals surface area contributed by atoms with Gasteiger partial charge in [-0.25, -0.2) is 0 Å². The fraction of sp³-hybridized carbons (Fsp3) is 0.833. The van der Waals surface area contributed by atoms with Gasteiger partial charge in [0.15, 0.2) is 8.32 Å². The molecule has 0 aliphatic rings.